The van der Waals surface area contributed by atoms with E-state index < -0.39 is 0 Å². The van der Waals surface area contributed by atoms with Crippen LogP contribution in [0.1, 0.15) is 37.5 Å². The predicted molar refractivity (Wildman–Crippen MR) is 120 cm³/mol. The molecule has 0 saturated heterocycles. The number of aromatic nitrogens is 2. The monoisotopic (exact) mass is 390 g/mol. The topological polar surface area (TPSA) is 50.2 Å². The molecule has 5 nitrogen and oxygen atoms in total. The van der Waals surface area contributed by atoms with Crippen LogP contribution in [0.15, 0.2) is 60.8 Å². The first kappa shape index (κ1) is 20.6. The number of nitrogens with zero attached hydrogens (tertiary/aromatic N) is 3. The largest absolute Gasteiger partial charge is 0.378 e. The summed E-state index contributed by atoms with van der Waals surface area (Å²) in [6, 6.07) is 18.4. The van der Waals surface area contributed by atoms with Gasteiger partial charge in [0.2, 0.25) is 5.91 Å². The van der Waals surface area contributed by atoms with Crippen molar-refractivity contribution in [2.45, 2.75) is 39.2 Å². The Morgan fingerprint density at radius 1 is 0.966 bits per heavy atom. The van der Waals surface area contributed by atoms with Crippen LogP contribution in [0.5, 0.6) is 0 Å². The molecule has 1 N–H and O–H groups in total. The molecule has 3 aromatic rings. The molecule has 0 bridgehead atoms. The zero-order valence-corrected chi connectivity index (χ0v) is 17.9. The van der Waals surface area contributed by atoms with Crippen molar-refractivity contribution in [2.75, 3.05) is 24.3 Å². The molecule has 5 heteroatoms. The van der Waals surface area contributed by atoms with Gasteiger partial charge in [-0.1, -0.05) is 57.2 Å². The number of rotatable bonds is 6. The second-order valence-electron chi connectivity index (χ2n) is 8.63. The Morgan fingerprint density at radius 3 is 2.17 bits per heavy atom. The number of carbonyl (C=O) groups excluding carboxylic acids is 1. The van der Waals surface area contributed by atoms with Crippen molar-refractivity contribution in [3.8, 4) is 0 Å². The van der Waals surface area contributed by atoms with Gasteiger partial charge in [0.05, 0.1) is 13.0 Å². The van der Waals surface area contributed by atoms with E-state index in [-0.39, 0.29) is 11.3 Å². The molecule has 1 heterocycles. The summed E-state index contributed by atoms with van der Waals surface area (Å²) in [6.07, 6.45) is 2.22. The smallest absolute Gasteiger partial charge is 0.229 e. The quantitative estimate of drug-likeness (QED) is 0.675. The highest BCUT2D eigenvalue weighted by molar-refractivity contribution is 5.91. The van der Waals surface area contributed by atoms with Crippen molar-refractivity contribution >= 4 is 17.4 Å². The minimum atomic E-state index is -0.0672. The molecule has 0 unspecified atom stereocenters. The molecule has 0 spiro atoms. The van der Waals surface area contributed by atoms with Gasteiger partial charge >= 0.3 is 0 Å². The van der Waals surface area contributed by atoms with Crippen LogP contribution >= 0.6 is 0 Å². The molecule has 0 aliphatic rings. The highest BCUT2D eigenvalue weighted by Gasteiger charge is 2.13. The molecule has 1 amide bonds. The zero-order chi connectivity index (χ0) is 21.0. The molecular formula is C24H30N4O. The van der Waals surface area contributed by atoms with Gasteiger partial charge in [-0.2, -0.15) is 5.10 Å². The highest BCUT2D eigenvalue weighted by atomic mass is 16.1. The van der Waals surface area contributed by atoms with E-state index in [9.17, 15) is 4.79 Å². The number of anilines is 2. The van der Waals surface area contributed by atoms with E-state index >= 15 is 0 Å². The normalized spacial score (nSPS) is 11.3. The van der Waals surface area contributed by atoms with E-state index in [4.69, 9.17) is 0 Å². The zero-order valence-electron chi connectivity index (χ0n) is 17.9. The van der Waals surface area contributed by atoms with E-state index in [2.05, 4.69) is 55.5 Å². The summed E-state index contributed by atoms with van der Waals surface area (Å²) in [5, 5.41) is 7.36. The number of carbonyl (C=O) groups is 1. The van der Waals surface area contributed by atoms with E-state index in [1.54, 1.807) is 0 Å². The van der Waals surface area contributed by atoms with Crippen molar-refractivity contribution < 1.29 is 4.79 Å². The van der Waals surface area contributed by atoms with Crippen LogP contribution in [0.4, 0.5) is 11.5 Å². The fourth-order valence-corrected chi connectivity index (χ4v) is 3.10. The van der Waals surface area contributed by atoms with E-state index in [1.165, 1.54) is 11.1 Å². The second kappa shape index (κ2) is 8.52. The number of hydrogen-bond donors (Lipinski definition) is 1. The average molecular weight is 391 g/mol. The van der Waals surface area contributed by atoms with Crippen molar-refractivity contribution in [1.82, 2.24) is 9.78 Å². The standard InChI is InChI=1S/C24H30N4O/c1-24(2,3)20-10-6-19(7-11-20)17-28-15-14-22(26-28)25-23(29)16-18-8-12-21(13-9-18)27(4)5/h6-15H,16-17H2,1-5H3,(H,25,26,29). The fraction of sp³-hybridized carbons (Fsp3) is 0.333. The Morgan fingerprint density at radius 2 is 1.59 bits per heavy atom. The van der Waals surface area contributed by atoms with Crippen molar-refractivity contribution in [2.24, 2.45) is 0 Å². The third-order valence-corrected chi connectivity index (χ3v) is 4.89. The molecular weight excluding hydrogens is 360 g/mol. The first-order chi connectivity index (χ1) is 13.7. The second-order valence-corrected chi connectivity index (χ2v) is 8.63. The third-order valence-electron chi connectivity index (χ3n) is 4.89. The molecule has 3 rings (SSSR count). The molecule has 0 fully saturated rings. The predicted octanol–water partition coefficient (Wildman–Crippen LogP) is 4.48. The third kappa shape index (κ3) is 5.70. The Labute approximate surface area is 173 Å². The molecule has 1 aromatic heterocycles. The Balaban J connectivity index is 1.56. The average Bonchev–Trinajstić information content (AvgIpc) is 3.08. The lowest BCUT2D eigenvalue weighted by Gasteiger charge is -2.19. The lowest BCUT2D eigenvalue weighted by atomic mass is 9.87. The summed E-state index contributed by atoms with van der Waals surface area (Å²) in [6.45, 7) is 7.30. The van der Waals surface area contributed by atoms with Gasteiger partial charge in [-0.05, 0) is 34.2 Å². The summed E-state index contributed by atoms with van der Waals surface area (Å²) in [4.78, 5) is 14.4. The van der Waals surface area contributed by atoms with E-state index in [0.29, 0.717) is 18.8 Å². The molecule has 2 aromatic carbocycles. The maximum Gasteiger partial charge on any atom is 0.229 e. The molecule has 0 atom stereocenters. The van der Waals surface area contributed by atoms with Gasteiger partial charge in [-0.25, -0.2) is 0 Å². The van der Waals surface area contributed by atoms with Gasteiger partial charge in [0, 0.05) is 32.0 Å². The summed E-state index contributed by atoms with van der Waals surface area (Å²) in [7, 11) is 3.99. The van der Waals surface area contributed by atoms with Gasteiger partial charge in [0.25, 0.3) is 0 Å². The maximum atomic E-state index is 12.3. The van der Waals surface area contributed by atoms with Gasteiger partial charge < -0.3 is 10.2 Å². The Hall–Kier alpha value is -3.08. The summed E-state index contributed by atoms with van der Waals surface area (Å²) < 4.78 is 1.84. The number of nitrogens with one attached hydrogen (secondary N) is 1. The van der Waals surface area contributed by atoms with Crippen LogP contribution in [0.3, 0.4) is 0 Å². The van der Waals surface area contributed by atoms with Crippen LogP contribution in [0.2, 0.25) is 0 Å². The number of hydrogen-bond acceptors (Lipinski definition) is 3. The Kier molecular flexibility index (Phi) is 6.06. The summed E-state index contributed by atoms with van der Waals surface area (Å²) in [5.74, 6) is 0.508. The number of amides is 1. The van der Waals surface area contributed by atoms with E-state index in [0.717, 1.165) is 11.3 Å². The molecule has 0 aliphatic carbocycles. The minimum Gasteiger partial charge on any atom is -0.378 e. The molecule has 0 aliphatic heterocycles. The van der Waals surface area contributed by atoms with Gasteiger partial charge in [0.15, 0.2) is 5.82 Å². The Bertz CT molecular complexity index is 948. The maximum absolute atomic E-state index is 12.3. The lowest BCUT2D eigenvalue weighted by molar-refractivity contribution is -0.115. The van der Waals surface area contributed by atoms with Crippen molar-refractivity contribution in [1.29, 1.82) is 0 Å². The summed E-state index contributed by atoms with van der Waals surface area (Å²) >= 11 is 0. The van der Waals surface area contributed by atoms with Gasteiger partial charge in [-0.15, -0.1) is 0 Å². The molecule has 0 radical (unpaired) electrons. The van der Waals surface area contributed by atoms with Gasteiger partial charge in [0.1, 0.15) is 0 Å². The minimum absolute atomic E-state index is 0.0672. The highest BCUT2D eigenvalue weighted by Crippen LogP contribution is 2.22. The van der Waals surface area contributed by atoms with Crippen LogP contribution < -0.4 is 10.2 Å². The van der Waals surface area contributed by atoms with Crippen LogP contribution in [-0.4, -0.2) is 29.8 Å². The van der Waals surface area contributed by atoms with Crippen LogP contribution in [-0.2, 0) is 23.2 Å². The van der Waals surface area contributed by atoms with Crippen molar-refractivity contribution in [3.63, 3.8) is 0 Å². The molecule has 152 valence electrons. The van der Waals surface area contributed by atoms with Gasteiger partial charge in [-0.3, -0.25) is 9.48 Å². The first-order valence-corrected chi connectivity index (χ1v) is 9.90. The number of benzene rings is 2. The molecule has 0 saturated carbocycles. The van der Waals surface area contributed by atoms with Crippen LogP contribution in [0.25, 0.3) is 0 Å². The fourth-order valence-electron chi connectivity index (χ4n) is 3.10. The first-order valence-electron chi connectivity index (χ1n) is 9.90. The molecule has 29 heavy (non-hydrogen) atoms. The van der Waals surface area contributed by atoms with Crippen LogP contribution in [0, 0.1) is 0 Å². The SMILES string of the molecule is CN(C)c1ccc(CC(=O)Nc2ccn(Cc3ccc(C(C)(C)C)cc3)n2)cc1. The van der Waals surface area contributed by atoms with E-state index in [1.807, 2.05) is 60.2 Å². The summed E-state index contributed by atoms with van der Waals surface area (Å²) in [5.41, 5.74) is 4.73. The van der Waals surface area contributed by atoms with Crippen molar-refractivity contribution in [3.05, 3.63) is 77.5 Å². The lowest BCUT2D eigenvalue weighted by Crippen LogP contribution is -2.15.